The lowest BCUT2D eigenvalue weighted by Crippen LogP contribution is -2.13. The molecule has 0 atom stereocenters. The van der Waals surface area contributed by atoms with Gasteiger partial charge in [-0.05, 0) is 36.6 Å². The molecule has 0 saturated heterocycles. The summed E-state index contributed by atoms with van der Waals surface area (Å²) in [6.07, 6.45) is 6.19. The number of anilines is 2. The molecule has 0 radical (unpaired) electrons. The molecule has 2 aromatic heterocycles. The molecule has 0 fully saturated rings. The summed E-state index contributed by atoms with van der Waals surface area (Å²) in [5.74, 6) is -0.916. The standard InChI is InChI=1S/C22H26N4O3S/c1-2-3-4-7-16-8-5-6-9-18(16)23-14-17-10-11-19(30-17)22(29)24-20-12-13-26(25-20)15-21(27)28/h5-6,8-13,23H,2-4,7,14-15H2,1H3,(H,27,28)(H,24,25,29). The quantitative estimate of drug-likeness (QED) is 0.389. The van der Waals surface area contributed by atoms with Crippen LogP contribution >= 0.6 is 11.3 Å². The topological polar surface area (TPSA) is 96.2 Å². The van der Waals surface area contributed by atoms with Crippen molar-refractivity contribution in [2.75, 3.05) is 10.6 Å². The number of rotatable bonds is 11. The van der Waals surface area contributed by atoms with Crippen LogP contribution in [0.2, 0.25) is 0 Å². The molecule has 0 spiro atoms. The number of hydrogen-bond donors (Lipinski definition) is 3. The van der Waals surface area contributed by atoms with Crippen molar-refractivity contribution in [2.24, 2.45) is 0 Å². The SMILES string of the molecule is CCCCCc1ccccc1NCc1ccc(C(=O)Nc2ccn(CC(=O)O)n2)s1. The van der Waals surface area contributed by atoms with E-state index in [4.69, 9.17) is 5.11 Å². The molecule has 7 nitrogen and oxygen atoms in total. The van der Waals surface area contributed by atoms with Gasteiger partial charge in [-0.15, -0.1) is 11.3 Å². The van der Waals surface area contributed by atoms with Gasteiger partial charge in [0.25, 0.3) is 5.91 Å². The van der Waals surface area contributed by atoms with Crippen LogP contribution in [0, 0.1) is 0 Å². The Kier molecular flexibility index (Phi) is 7.62. The third-order valence-corrected chi connectivity index (χ3v) is 5.67. The fourth-order valence-electron chi connectivity index (χ4n) is 3.09. The lowest BCUT2D eigenvalue weighted by molar-refractivity contribution is -0.137. The van der Waals surface area contributed by atoms with Crippen LogP contribution < -0.4 is 10.6 Å². The van der Waals surface area contributed by atoms with E-state index in [1.165, 1.54) is 47.0 Å². The van der Waals surface area contributed by atoms with Crippen LogP contribution in [0.1, 0.15) is 46.3 Å². The average Bonchev–Trinajstić information content (AvgIpc) is 3.36. The maximum Gasteiger partial charge on any atom is 0.325 e. The van der Waals surface area contributed by atoms with Gasteiger partial charge in [0.15, 0.2) is 5.82 Å². The van der Waals surface area contributed by atoms with E-state index in [0.29, 0.717) is 17.2 Å². The smallest absolute Gasteiger partial charge is 0.325 e. The Bertz CT molecular complexity index is 996. The molecule has 0 bridgehead atoms. The van der Waals surface area contributed by atoms with Gasteiger partial charge in [-0.3, -0.25) is 14.3 Å². The van der Waals surface area contributed by atoms with Crippen molar-refractivity contribution in [3.05, 3.63) is 64.0 Å². The number of thiophene rings is 1. The van der Waals surface area contributed by atoms with Gasteiger partial charge < -0.3 is 15.7 Å². The Morgan fingerprint density at radius 3 is 2.77 bits per heavy atom. The minimum Gasteiger partial charge on any atom is -0.480 e. The largest absolute Gasteiger partial charge is 0.480 e. The fraction of sp³-hybridized carbons (Fsp3) is 0.318. The molecule has 0 aliphatic rings. The number of carboxylic acids is 1. The summed E-state index contributed by atoms with van der Waals surface area (Å²) in [4.78, 5) is 24.8. The minimum absolute atomic E-state index is 0.245. The Balaban J connectivity index is 1.56. The van der Waals surface area contributed by atoms with E-state index in [1.54, 1.807) is 12.1 Å². The zero-order chi connectivity index (χ0) is 21.3. The number of unbranched alkanes of at least 4 members (excludes halogenated alkanes) is 2. The van der Waals surface area contributed by atoms with Crippen LogP contribution in [-0.2, 0) is 24.3 Å². The number of benzene rings is 1. The van der Waals surface area contributed by atoms with Crippen molar-refractivity contribution in [2.45, 2.75) is 45.7 Å². The number of nitrogens with zero attached hydrogens (tertiary/aromatic N) is 2. The normalized spacial score (nSPS) is 10.7. The van der Waals surface area contributed by atoms with E-state index in [2.05, 4.69) is 40.9 Å². The van der Waals surface area contributed by atoms with Crippen molar-refractivity contribution in [3.8, 4) is 0 Å². The molecule has 3 rings (SSSR count). The van der Waals surface area contributed by atoms with E-state index < -0.39 is 5.97 Å². The van der Waals surface area contributed by atoms with Gasteiger partial charge in [-0.2, -0.15) is 5.10 Å². The van der Waals surface area contributed by atoms with Crippen LogP contribution in [0.25, 0.3) is 0 Å². The summed E-state index contributed by atoms with van der Waals surface area (Å²) in [5.41, 5.74) is 2.45. The number of aromatic nitrogens is 2. The fourth-order valence-corrected chi connectivity index (χ4v) is 3.93. The van der Waals surface area contributed by atoms with E-state index in [-0.39, 0.29) is 12.5 Å². The van der Waals surface area contributed by atoms with Gasteiger partial charge in [-0.1, -0.05) is 38.0 Å². The van der Waals surface area contributed by atoms with Crippen molar-refractivity contribution in [1.82, 2.24) is 9.78 Å². The number of nitrogens with one attached hydrogen (secondary N) is 2. The first-order chi connectivity index (χ1) is 14.5. The second kappa shape index (κ2) is 10.6. The molecule has 158 valence electrons. The second-order valence-electron chi connectivity index (χ2n) is 6.98. The first-order valence-electron chi connectivity index (χ1n) is 10.0. The van der Waals surface area contributed by atoms with Gasteiger partial charge >= 0.3 is 5.97 Å². The summed E-state index contributed by atoms with van der Waals surface area (Å²) in [6.45, 7) is 2.61. The lowest BCUT2D eigenvalue weighted by Gasteiger charge is -2.11. The lowest BCUT2D eigenvalue weighted by atomic mass is 10.1. The summed E-state index contributed by atoms with van der Waals surface area (Å²) >= 11 is 1.42. The molecule has 2 heterocycles. The van der Waals surface area contributed by atoms with Crippen molar-refractivity contribution >= 4 is 34.7 Å². The molecule has 0 aliphatic carbocycles. The molecule has 0 aliphatic heterocycles. The van der Waals surface area contributed by atoms with Gasteiger partial charge in [0.2, 0.25) is 0 Å². The Hall–Kier alpha value is -3.13. The molecule has 3 N–H and O–H groups in total. The zero-order valence-electron chi connectivity index (χ0n) is 16.9. The Labute approximate surface area is 179 Å². The average molecular weight is 427 g/mol. The number of carboxylic acid groups (broad SMARTS) is 1. The zero-order valence-corrected chi connectivity index (χ0v) is 17.7. The molecule has 3 aromatic rings. The third kappa shape index (κ3) is 6.18. The van der Waals surface area contributed by atoms with Crippen LogP contribution in [0.3, 0.4) is 0 Å². The molecule has 0 unspecified atom stereocenters. The van der Waals surface area contributed by atoms with Gasteiger partial charge in [-0.25, -0.2) is 0 Å². The maximum atomic E-state index is 12.4. The molecule has 0 saturated carbocycles. The van der Waals surface area contributed by atoms with Gasteiger partial charge in [0.05, 0.1) is 4.88 Å². The number of hydrogen-bond acceptors (Lipinski definition) is 5. The van der Waals surface area contributed by atoms with Crippen LogP contribution in [0.4, 0.5) is 11.5 Å². The molecular formula is C22H26N4O3S. The summed E-state index contributed by atoms with van der Waals surface area (Å²) in [6, 6.07) is 13.7. The van der Waals surface area contributed by atoms with E-state index in [9.17, 15) is 9.59 Å². The van der Waals surface area contributed by atoms with E-state index in [0.717, 1.165) is 17.0 Å². The molecule has 1 aromatic carbocycles. The monoisotopic (exact) mass is 426 g/mol. The van der Waals surface area contributed by atoms with Crippen molar-refractivity contribution < 1.29 is 14.7 Å². The van der Waals surface area contributed by atoms with Gasteiger partial charge in [0, 0.05) is 29.4 Å². The Morgan fingerprint density at radius 2 is 1.97 bits per heavy atom. The van der Waals surface area contributed by atoms with Crippen LogP contribution in [0.5, 0.6) is 0 Å². The number of carbonyl (C=O) groups is 2. The maximum absolute atomic E-state index is 12.4. The highest BCUT2D eigenvalue weighted by Crippen LogP contribution is 2.22. The minimum atomic E-state index is -0.988. The predicted octanol–water partition coefficient (Wildman–Crippen LogP) is 4.63. The molecule has 1 amide bonds. The van der Waals surface area contributed by atoms with Crippen molar-refractivity contribution in [1.29, 1.82) is 0 Å². The Morgan fingerprint density at radius 1 is 1.13 bits per heavy atom. The third-order valence-electron chi connectivity index (χ3n) is 4.59. The summed E-state index contributed by atoms with van der Waals surface area (Å²) in [7, 11) is 0. The number of aryl methyl sites for hydroxylation is 1. The second-order valence-corrected chi connectivity index (χ2v) is 8.15. The highest BCUT2D eigenvalue weighted by molar-refractivity contribution is 7.14. The number of aliphatic carboxylic acids is 1. The molecule has 30 heavy (non-hydrogen) atoms. The van der Waals surface area contributed by atoms with E-state index in [1.807, 2.05) is 12.1 Å². The summed E-state index contributed by atoms with van der Waals surface area (Å²) in [5, 5.41) is 19.0. The van der Waals surface area contributed by atoms with Gasteiger partial charge in [0.1, 0.15) is 6.54 Å². The van der Waals surface area contributed by atoms with Crippen LogP contribution in [-0.4, -0.2) is 26.8 Å². The number of para-hydroxylation sites is 1. The number of carbonyl (C=O) groups excluding carboxylic acids is 1. The highest BCUT2D eigenvalue weighted by atomic mass is 32.1. The first kappa shape index (κ1) is 21.6. The van der Waals surface area contributed by atoms with Crippen LogP contribution in [0.15, 0.2) is 48.7 Å². The molecular weight excluding hydrogens is 400 g/mol. The van der Waals surface area contributed by atoms with Crippen molar-refractivity contribution in [3.63, 3.8) is 0 Å². The summed E-state index contributed by atoms with van der Waals surface area (Å²) < 4.78 is 1.26. The van der Waals surface area contributed by atoms with E-state index >= 15 is 0 Å². The first-order valence-corrected chi connectivity index (χ1v) is 10.8. The molecule has 8 heteroatoms. The predicted molar refractivity (Wildman–Crippen MR) is 119 cm³/mol. The number of amides is 1. The highest BCUT2D eigenvalue weighted by Gasteiger charge is 2.12.